The maximum atomic E-state index is 12.9. The Hall–Kier alpha value is -8.70. The molecule has 12 fully saturated rings. The number of likely N-dealkylation sites (N-methyl/N-ethyl adjacent to an activating group) is 2. The molecule has 5 aliphatic carbocycles. The SMILES string of the molecule is CC(=O)CN1CC2CN(C)CC2C1.CC(Cc1c[nH]c2ccccc12)C(=O)O.CC1CCN1C.CC1CN(C)C(C)CN1C.CCC1CCC(c2nc(C)no2)CC1.CN1CCCCCC1.Cc1noc(C2CCC(C)CC2)n1.Cc1noc(C2CCCC(C)C2)n1.Cc1noc(C2CCN(C(=O)C(C)(F)F)CC2)n1.Cc1noc(C2CCN(C(=O)C3CC3)CC2)n1.Cc1noc(CC2CCC(C)CC2)n1. The number of hydrogen-bond donors (Lipinski definition) is 2. The molecule has 0 bridgehead atoms. The predicted molar refractivity (Wildman–Crippen MR) is 542 cm³/mol. The first-order chi connectivity index (χ1) is 67.3. The molecule has 1 aromatic carbocycles. The van der Waals surface area contributed by atoms with Crippen molar-refractivity contribution in [3.8, 4) is 0 Å². The molecule has 7 saturated heterocycles. The number of hydrogen-bond acceptors (Lipinski definition) is 28. The van der Waals surface area contributed by atoms with Gasteiger partial charge in [0.1, 0.15) is 5.78 Å². The van der Waals surface area contributed by atoms with Crippen LogP contribution in [0.2, 0.25) is 0 Å². The lowest BCUT2D eigenvalue weighted by Gasteiger charge is -2.40. The van der Waals surface area contributed by atoms with Gasteiger partial charge in [-0.3, -0.25) is 24.1 Å². The number of Topliss-reactive ketones (excluding diaryl/α,β-unsaturated/α-hetero) is 1. The van der Waals surface area contributed by atoms with Crippen molar-refractivity contribution >= 4 is 34.5 Å². The normalized spacial score (nSPS) is 26.1. The molecule has 20 rings (SSSR count). The van der Waals surface area contributed by atoms with E-state index in [1.165, 1.54) is 192 Å². The van der Waals surface area contributed by atoms with Gasteiger partial charge in [0.15, 0.2) is 34.9 Å². The van der Waals surface area contributed by atoms with Crippen LogP contribution in [0.1, 0.15) is 354 Å². The van der Waals surface area contributed by atoms with Gasteiger partial charge in [-0.15, -0.1) is 0 Å². The zero-order chi connectivity index (χ0) is 102. The predicted octanol–water partition coefficient (Wildman–Crippen LogP) is 19.7. The number of carbonyl (C=O) groups excluding carboxylic acids is 3. The minimum absolute atomic E-state index is 0.0562. The average Bonchev–Trinajstić information content (AvgIpc) is 1.70. The van der Waals surface area contributed by atoms with Crippen LogP contribution in [0.15, 0.2) is 57.6 Å². The van der Waals surface area contributed by atoms with E-state index < -0.39 is 17.8 Å². The summed E-state index contributed by atoms with van der Waals surface area (Å²) in [6.07, 6.45) is 37.6. The minimum Gasteiger partial charge on any atom is -0.481 e. The number of aryl methyl sites for hydroxylation is 6. The summed E-state index contributed by atoms with van der Waals surface area (Å²) in [6.45, 7) is 45.1. The van der Waals surface area contributed by atoms with Gasteiger partial charge in [-0.1, -0.05) is 129 Å². The van der Waals surface area contributed by atoms with Crippen LogP contribution in [-0.4, -0.2) is 285 Å². The second-order valence-electron chi connectivity index (χ2n) is 43.7. The van der Waals surface area contributed by atoms with E-state index >= 15 is 0 Å². The Labute approximate surface area is 838 Å². The second-order valence-corrected chi connectivity index (χ2v) is 43.7. The molecule has 7 aliphatic heterocycles. The molecule has 8 aromatic rings. The summed E-state index contributed by atoms with van der Waals surface area (Å²) in [5.74, 6) is 12.3. The standard InChI is InChI=1S/C12H17N3O2.C12H13NO2.C11H15F2N3O2.2C11H18N2O.C10H18N2O.2C10H16N2O.C8H18N2.C7H15N.C5H11N/c1-8-13-11(17-14-8)9-4-6-15(7-5-9)12(16)10-2-3-10;1-8(12(14)15)6-9-7-13-11-5-3-2-4-10(9)11;1-7-14-9(18-15-7)8-3-5-16(6-4-8)10(17)11(2,12)13;1-8-3-5-10(6-4-8)7-11-12-9(2)13-14-11;1-3-9-4-6-10(7-5-9)11-12-8(2)13-14-11;1-8(13)3-12-6-9-4-11(2)5-10(9)7-12;1-7-3-5-9(6-4-7)10-11-8(2)12-13-10;1-7-4-3-5-9(6-7)10-11-8(2)12-13-10;1-7-5-10(4)8(2)6-9(7)3;1-8-6-4-2-3-5-7-8;1-5-3-4-6(5)2/h9-10H,2-7H2,1H3;2-5,7-8,13H,6H2,1H3,(H,14,15);8H,3-6H2,1-2H3;8,10H,3-7H2,1-2H3;9-10H,3-7H2,1-2H3;9-10H,3-7H2,1-2H3;2*7,9H,3-6H2,1-2H3;7-8H,5-6H2,1-4H3;2-7H2,1H3;5H,3-4H2,1-2H3. The summed E-state index contributed by atoms with van der Waals surface area (Å²) in [4.78, 5) is 91.1. The minimum atomic E-state index is -3.30. The highest BCUT2D eigenvalue weighted by Crippen LogP contribution is 2.41. The van der Waals surface area contributed by atoms with Gasteiger partial charge in [0.25, 0.3) is 5.91 Å². The summed E-state index contributed by atoms with van der Waals surface area (Å²) in [6, 6.07) is 10.2. The Kier molecular flexibility index (Phi) is 46.4. The Morgan fingerprint density at radius 2 is 0.879 bits per heavy atom. The Morgan fingerprint density at radius 1 is 0.454 bits per heavy atom. The van der Waals surface area contributed by atoms with Crippen molar-refractivity contribution in [2.45, 2.75) is 357 Å². The van der Waals surface area contributed by atoms with Gasteiger partial charge in [0, 0.05) is 150 Å². The maximum Gasteiger partial charge on any atom is 0.322 e. The first kappa shape index (κ1) is 114. The molecule has 34 heteroatoms. The molecule has 5 saturated carbocycles. The Balaban J connectivity index is 0.000000161. The van der Waals surface area contributed by atoms with Gasteiger partial charge < -0.3 is 71.5 Å². The molecular formula is C107H175F2N21O11. The zero-order valence-electron chi connectivity index (χ0n) is 89.5. The van der Waals surface area contributed by atoms with Crippen molar-refractivity contribution < 1.29 is 60.2 Å². The van der Waals surface area contributed by atoms with Gasteiger partial charge >= 0.3 is 11.9 Å². The van der Waals surface area contributed by atoms with Crippen LogP contribution in [0.4, 0.5) is 8.78 Å². The van der Waals surface area contributed by atoms with Crippen LogP contribution in [0, 0.1) is 94.8 Å². The molecular weight excluding hydrogens is 1790 g/mol. The highest BCUT2D eigenvalue weighted by molar-refractivity contribution is 5.84. The third-order valence-corrected chi connectivity index (χ3v) is 30.8. The number of aromatic amines is 1. The summed E-state index contributed by atoms with van der Waals surface area (Å²) in [5.41, 5.74) is 2.13. The lowest BCUT2D eigenvalue weighted by molar-refractivity contribution is -0.156. The van der Waals surface area contributed by atoms with Crippen molar-refractivity contribution in [3.05, 3.63) is 106 Å². The lowest BCUT2D eigenvalue weighted by Crippen LogP contribution is -2.53. The molecule has 788 valence electrons. The number of carbonyl (C=O) groups is 4. The maximum absolute atomic E-state index is 12.9. The number of ketones is 1. The molecule has 14 heterocycles. The number of alkyl halides is 2. The number of aliphatic carboxylic acids is 1. The van der Waals surface area contributed by atoms with Gasteiger partial charge in [-0.2, -0.15) is 38.7 Å². The number of benzene rings is 1. The van der Waals surface area contributed by atoms with Crippen LogP contribution < -0.4 is 0 Å². The van der Waals surface area contributed by atoms with Crippen LogP contribution in [0.3, 0.4) is 0 Å². The number of likely N-dealkylation sites (tertiary alicyclic amines) is 6. The fourth-order valence-electron chi connectivity index (χ4n) is 21.0. The van der Waals surface area contributed by atoms with E-state index in [-0.39, 0.29) is 11.8 Å². The molecule has 8 unspecified atom stereocenters. The number of amides is 2. The molecule has 141 heavy (non-hydrogen) atoms. The van der Waals surface area contributed by atoms with E-state index in [0.717, 1.165) is 187 Å². The number of aromatic nitrogens is 13. The number of H-pyrrole nitrogens is 1. The number of piperidine rings is 2. The van der Waals surface area contributed by atoms with Crippen molar-refractivity contribution in [3.63, 3.8) is 0 Å². The van der Waals surface area contributed by atoms with Gasteiger partial charge in [0.05, 0.1) is 12.5 Å². The number of carboxylic acid groups (broad SMARTS) is 1. The van der Waals surface area contributed by atoms with Gasteiger partial charge in [-0.05, 0) is 318 Å². The summed E-state index contributed by atoms with van der Waals surface area (Å²) >= 11 is 0. The number of fused-ring (bicyclic) bond motifs is 2. The van der Waals surface area contributed by atoms with Crippen LogP contribution >= 0.6 is 0 Å². The third kappa shape index (κ3) is 38.7. The number of carboxylic acids is 1. The monoisotopic (exact) mass is 1970 g/mol. The number of nitrogens with one attached hydrogen (secondary N) is 1. The molecule has 8 atom stereocenters. The third-order valence-electron chi connectivity index (χ3n) is 30.8. The zero-order valence-corrected chi connectivity index (χ0v) is 89.5. The Morgan fingerprint density at radius 3 is 1.28 bits per heavy atom. The summed E-state index contributed by atoms with van der Waals surface area (Å²) in [5, 5.41) is 32.8. The lowest BCUT2D eigenvalue weighted by atomic mass is 9.81. The van der Waals surface area contributed by atoms with Gasteiger partial charge in [0.2, 0.25) is 41.3 Å². The van der Waals surface area contributed by atoms with E-state index in [1.54, 1.807) is 20.8 Å². The highest BCUT2D eigenvalue weighted by Gasteiger charge is 2.42. The van der Waals surface area contributed by atoms with E-state index in [2.05, 4.69) is 179 Å². The summed E-state index contributed by atoms with van der Waals surface area (Å²) in [7, 11) is 11.0. The first-order valence-corrected chi connectivity index (χ1v) is 53.5. The number of piperazine rings is 1. The van der Waals surface area contributed by atoms with Crippen molar-refractivity contribution in [2.75, 3.05) is 127 Å². The number of nitrogens with zero attached hydrogens (tertiary/aromatic N) is 20. The summed E-state index contributed by atoms with van der Waals surface area (Å²) < 4.78 is 56.7. The largest absolute Gasteiger partial charge is 0.481 e. The van der Waals surface area contributed by atoms with E-state index in [9.17, 15) is 28.0 Å². The van der Waals surface area contributed by atoms with E-state index in [0.29, 0.717) is 105 Å². The van der Waals surface area contributed by atoms with Crippen molar-refractivity contribution in [1.29, 1.82) is 0 Å². The molecule has 0 spiro atoms. The second kappa shape index (κ2) is 57.3. The van der Waals surface area contributed by atoms with Gasteiger partial charge in [-0.25, -0.2) is 0 Å². The number of para-hydroxylation sites is 1. The van der Waals surface area contributed by atoms with E-state index in [1.807, 2.05) is 70.0 Å². The molecule has 7 aromatic heterocycles. The Bertz CT molecular complexity index is 4850. The molecule has 2 N–H and O–H groups in total. The molecule has 0 radical (unpaired) electrons. The number of rotatable bonds is 15. The molecule has 2 amide bonds. The topological polar surface area (TPSA) is 364 Å². The van der Waals surface area contributed by atoms with Crippen LogP contribution in [0.5, 0.6) is 0 Å². The van der Waals surface area contributed by atoms with Crippen molar-refractivity contribution in [1.82, 2.24) is 105 Å². The highest BCUT2D eigenvalue weighted by atomic mass is 19.3. The quantitative estimate of drug-likeness (QED) is 0.0962. The fraction of sp³-hybridized carbons (Fsp3) is 0.776. The average molecular weight is 1970 g/mol. The van der Waals surface area contributed by atoms with Crippen LogP contribution in [-0.2, 0) is 32.0 Å². The number of halogens is 2. The van der Waals surface area contributed by atoms with Crippen LogP contribution in [0.25, 0.3) is 10.9 Å². The molecule has 32 nitrogen and oxygen atoms in total. The molecule has 12 aliphatic rings. The fourth-order valence-corrected chi connectivity index (χ4v) is 21.0. The van der Waals surface area contributed by atoms with Crippen molar-refractivity contribution in [2.24, 2.45) is 53.3 Å². The first-order valence-electron chi connectivity index (χ1n) is 53.5. The van der Waals surface area contributed by atoms with E-state index in [4.69, 9.17) is 32.2 Å². The smallest absolute Gasteiger partial charge is 0.322 e.